The fourth-order valence-electron chi connectivity index (χ4n) is 3.95. The van der Waals surface area contributed by atoms with E-state index in [2.05, 4.69) is 4.90 Å². The van der Waals surface area contributed by atoms with Gasteiger partial charge in [-0.05, 0) is 18.6 Å². The largest absolute Gasteiger partial charge is 0.385 e. The maximum Gasteiger partial charge on any atom is 0.266 e. The molecule has 0 aliphatic carbocycles. The van der Waals surface area contributed by atoms with E-state index < -0.39 is 0 Å². The lowest BCUT2D eigenvalue weighted by Gasteiger charge is -2.31. The molecule has 4 rings (SSSR count). The molecule has 0 N–H and O–H groups in total. The van der Waals surface area contributed by atoms with Gasteiger partial charge in [0.15, 0.2) is 0 Å². The zero-order valence-corrected chi connectivity index (χ0v) is 19.3. The zero-order chi connectivity index (χ0) is 22.0. The van der Waals surface area contributed by atoms with E-state index >= 15 is 0 Å². The molecule has 1 aromatic carbocycles. The van der Waals surface area contributed by atoms with Gasteiger partial charge in [0.05, 0.1) is 34.9 Å². The van der Waals surface area contributed by atoms with Crippen molar-refractivity contribution in [1.82, 2.24) is 9.47 Å². The Morgan fingerprint density at radius 2 is 1.97 bits per heavy atom. The van der Waals surface area contributed by atoms with Gasteiger partial charge in [0, 0.05) is 45.8 Å². The molecule has 2 fully saturated rings. The van der Waals surface area contributed by atoms with Crippen molar-refractivity contribution in [2.45, 2.75) is 6.42 Å². The maximum absolute atomic E-state index is 13.4. The highest BCUT2D eigenvalue weighted by Crippen LogP contribution is 2.36. The number of anilines is 1. The number of thioether (sulfide) groups is 1. The molecule has 7 nitrogen and oxygen atoms in total. The first kappa shape index (κ1) is 22.0. The predicted octanol–water partition coefficient (Wildman–Crippen LogP) is 2.61. The molecular formula is C22H25N3O4S2. The zero-order valence-electron chi connectivity index (χ0n) is 17.6. The minimum absolute atomic E-state index is 0.134. The summed E-state index contributed by atoms with van der Waals surface area (Å²) in [6, 6.07) is 7.86. The number of thiocarbonyl (C=S) groups is 1. The van der Waals surface area contributed by atoms with Crippen molar-refractivity contribution in [2.24, 2.45) is 7.05 Å². The molecule has 2 saturated heterocycles. The Balaban J connectivity index is 1.82. The van der Waals surface area contributed by atoms with E-state index in [1.54, 1.807) is 29.7 Å². The van der Waals surface area contributed by atoms with Crippen molar-refractivity contribution in [1.29, 1.82) is 0 Å². The molecule has 2 aliphatic rings. The molecule has 2 aromatic rings. The molecule has 0 bridgehead atoms. The Bertz CT molecular complexity index is 1110. The lowest BCUT2D eigenvalue weighted by Crippen LogP contribution is -2.38. The molecule has 0 saturated carbocycles. The molecule has 0 atom stereocenters. The summed E-state index contributed by atoms with van der Waals surface area (Å²) in [5.74, 6) is -0.158. The van der Waals surface area contributed by atoms with Crippen LogP contribution in [-0.2, 0) is 21.3 Å². The third-order valence-corrected chi connectivity index (χ3v) is 6.89. The van der Waals surface area contributed by atoms with Crippen molar-refractivity contribution in [2.75, 3.05) is 51.5 Å². The SMILES string of the molecule is COCCCN1C(=O)C(=Cc2c(N3CCOCC3)c3ccccc3n(C)c2=O)SC1=S. The smallest absolute Gasteiger partial charge is 0.266 e. The van der Waals surface area contributed by atoms with Gasteiger partial charge >= 0.3 is 0 Å². The predicted molar refractivity (Wildman–Crippen MR) is 129 cm³/mol. The maximum atomic E-state index is 13.4. The molecule has 31 heavy (non-hydrogen) atoms. The third-order valence-electron chi connectivity index (χ3n) is 5.52. The second-order valence-corrected chi connectivity index (χ2v) is 9.10. The summed E-state index contributed by atoms with van der Waals surface area (Å²) >= 11 is 6.68. The van der Waals surface area contributed by atoms with Crippen molar-refractivity contribution in [3.8, 4) is 0 Å². The van der Waals surface area contributed by atoms with Gasteiger partial charge in [-0.2, -0.15) is 0 Å². The van der Waals surface area contributed by atoms with Crippen LogP contribution >= 0.6 is 24.0 Å². The number of hydrogen-bond acceptors (Lipinski definition) is 7. The van der Waals surface area contributed by atoms with E-state index in [9.17, 15) is 9.59 Å². The highest BCUT2D eigenvalue weighted by Gasteiger charge is 2.32. The summed E-state index contributed by atoms with van der Waals surface area (Å²) in [6.07, 6.45) is 2.42. The number of ether oxygens (including phenoxy) is 2. The number of aryl methyl sites for hydroxylation is 1. The first-order valence-electron chi connectivity index (χ1n) is 10.2. The van der Waals surface area contributed by atoms with Crippen LogP contribution in [0.4, 0.5) is 5.69 Å². The van der Waals surface area contributed by atoms with Crippen molar-refractivity contribution in [3.05, 3.63) is 45.1 Å². The van der Waals surface area contributed by atoms with E-state index in [1.165, 1.54) is 11.8 Å². The van der Waals surface area contributed by atoms with Crippen LogP contribution in [0.15, 0.2) is 34.0 Å². The van der Waals surface area contributed by atoms with Gasteiger partial charge in [0.25, 0.3) is 11.5 Å². The Hall–Kier alpha value is -2.20. The number of aromatic nitrogens is 1. The number of nitrogens with zero attached hydrogens (tertiary/aromatic N) is 3. The van der Waals surface area contributed by atoms with Crippen LogP contribution in [-0.4, -0.2) is 66.3 Å². The second-order valence-electron chi connectivity index (χ2n) is 7.42. The quantitative estimate of drug-likeness (QED) is 0.374. The molecule has 0 spiro atoms. The molecule has 164 valence electrons. The van der Waals surface area contributed by atoms with Crippen molar-refractivity contribution < 1.29 is 14.3 Å². The Kier molecular flexibility index (Phi) is 6.76. The van der Waals surface area contributed by atoms with Crippen LogP contribution in [0, 0.1) is 0 Å². The van der Waals surface area contributed by atoms with Gasteiger partial charge in [0.2, 0.25) is 0 Å². The van der Waals surface area contributed by atoms with Gasteiger partial charge in [-0.15, -0.1) is 0 Å². The number of carbonyl (C=O) groups excluding carboxylic acids is 1. The van der Waals surface area contributed by atoms with E-state index in [0.717, 1.165) is 16.6 Å². The summed E-state index contributed by atoms with van der Waals surface area (Å²) in [5, 5.41) is 0.980. The highest BCUT2D eigenvalue weighted by molar-refractivity contribution is 8.26. The number of carbonyl (C=O) groups is 1. The van der Waals surface area contributed by atoms with Crippen LogP contribution < -0.4 is 10.5 Å². The lowest BCUT2D eigenvalue weighted by atomic mass is 10.1. The second kappa shape index (κ2) is 9.52. The number of amides is 1. The van der Waals surface area contributed by atoms with Crippen molar-refractivity contribution >= 4 is 56.9 Å². The van der Waals surface area contributed by atoms with E-state index in [0.29, 0.717) is 60.7 Å². The highest BCUT2D eigenvalue weighted by atomic mass is 32.2. The number of benzene rings is 1. The summed E-state index contributed by atoms with van der Waals surface area (Å²) < 4.78 is 12.8. The summed E-state index contributed by atoms with van der Waals surface area (Å²) in [6.45, 7) is 3.64. The average Bonchev–Trinajstić information content (AvgIpc) is 3.05. The van der Waals surface area contributed by atoms with E-state index in [1.807, 2.05) is 24.3 Å². The van der Waals surface area contributed by atoms with Gasteiger partial charge in [-0.1, -0.05) is 42.2 Å². The number of para-hydroxylation sites is 1. The standard InChI is InChI=1S/C22H25N3O4S2/c1-23-17-7-4-3-6-15(17)19(24-9-12-29-13-10-24)16(20(23)26)14-18-21(27)25(22(30)31-18)8-5-11-28-2/h3-4,6-7,14H,5,8-13H2,1-2H3. The number of hydrogen-bond donors (Lipinski definition) is 0. The fraction of sp³-hybridized carbons (Fsp3) is 0.409. The molecule has 3 heterocycles. The van der Waals surface area contributed by atoms with Crippen LogP contribution in [0.25, 0.3) is 17.0 Å². The van der Waals surface area contributed by atoms with Crippen LogP contribution in [0.1, 0.15) is 12.0 Å². The fourth-order valence-corrected chi connectivity index (χ4v) is 5.24. The number of morpholine rings is 1. The summed E-state index contributed by atoms with van der Waals surface area (Å²) in [4.78, 5) is 30.7. The first-order valence-corrected chi connectivity index (χ1v) is 11.4. The minimum Gasteiger partial charge on any atom is -0.385 e. The molecule has 1 amide bonds. The third kappa shape index (κ3) is 4.27. The Morgan fingerprint density at radius 1 is 1.23 bits per heavy atom. The monoisotopic (exact) mass is 459 g/mol. The van der Waals surface area contributed by atoms with Gasteiger partial charge in [-0.25, -0.2) is 0 Å². The number of methoxy groups -OCH3 is 1. The van der Waals surface area contributed by atoms with Gasteiger partial charge in [0.1, 0.15) is 4.32 Å². The minimum atomic E-state index is -0.158. The first-order chi connectivity index (χ1) is 15.0. The Morgan fingerprint density at radius 3 is 2.71 bits per heavy atom. The normalized spacial score (nSPS) is 18.6. The van der Waals surface area contributed by atoms with Gasteiger partial charge < -0.3 is 18.9 Å². The molecule has 0 radical (unpaired) electrons. The van der Waals surface area contributed by atoms with E-state index in [4.69, 9.17) is 21.7 Å². The lowest BCUT2D eigenvalue weighted by molar-refractivity contribution is -0.122. The summed E-state index contributed by atoms with van der Waals surface area (Å²) in [7, 11) is 3.40. The Labute approximate surface area is 190 Å². The van der Waals surface area contributed by atoms with Crippen molar-refractivity contribution in [3.63, 3.8) is 0 Å². The molecule has 0 unspecified atom stereocenters. The molecule has 9 heteroatoms. The molecular weight excluding hydrogens is 434 g/mol. The average molecular weight is 460 g/mol. The number of fused-ring (bicyclic) bond motifs is 1. The number of pyridine rings is 1. The molecule has 2 aliphatic heterocycles. The topological polar surface area (TPSA) is 64.0 Å². The van der Waals surface area contributed by atoms with Crippen LogP contribution in [0.2, 0.25) is 0 Å². The van der Waals surface area contributed by atoms with Gasteiger partial charge in [-0.3, -0.25) is 14.5 Å². The van der Waals surface area contributed by atoms with E-state index in [-0.39, 0.29) is 11.5 Å². The number of rotatable bonds is 6. The van der Waals surface area contributed by atoms with Crippen LogP contribution in [0.3, 0.4) is 0 Å². The molecule has 1 aromatic heterocycles. The van der Waals surface area contributed by atoms with Crippen LogP contribution in [0.5, 0.6) is 0 Å². The summed E-state index contributed by atoms with van der Waals surface area (Å²) in [5.41, 5.74) is 2.09.